The van der Waals surface area contributed by atoms with Crippen LogP contribution in [-0.2, 0) is 16.1 Å². The molecule has 1 saturated carbocycles. The quantitative estimate of drug-likeness (QED) is 0.767. The van der Waals surface area contributed by atoms with E-state index in [1.807, 2.05) is 45.0 Å². The molecule has 6 heteroatoms. The Kier molecular flexibility index (Phi) is 7.87. The van der Waals surface area contributed by atoms with Crippen molar-refractivity contribution in [2.75, 3.05) is 18.9 Å². The van der Waals surface area contributed by atoms with Gasteiger partial charge < -0.3 is 20.3 Å². The molecular formula is C22H35N3O3. The number of benzene rings is 1. The summed E-state index contributed by atoms with van der Waals surface area (Å²) in [5.74, 6) is 0.546. The highest BCUT2D eigenvalue weighted by molar-refractivity contribution is 5.92. The fourth-order valence-corrected chi connectivity index (χ4v) is 3.45. The normalized spacial score (nSPS) is 19.8. The Labute approximate surface area is 169 Å². The van der Waals surface area contributed by atoms with E-state index in [4.69, 9.17) is 4.74 Å². The lowest BCUT2D eigenvalue weighted by atomic mass is 9.89. The summed E-state index contributed by atoms with van der Waals surface area (Å²) in [4.78, 5) is 25.7. The Balaban J connectivity index is 1.84. The molecule has 0 saturated heterocycles. The van der Waals surface area contributed by atoms with Gasteiger partial charge in [0.15, 0.2) is 0 Å². The smallest absolute Gasteiger partial charge is 0.322 e. The molecule has 28 heavy (non-hydrogen) atoms. The highest BCUT2D eigenvalue weighted by Crippen LogP contribution is 2.26. The first-order valence-electron chi connectivity index (χ1n) is 10.2. The summed E-state index contributed by atoms with van der Waals surface area (Å²) in [6.45, 7) is 8.56. The number of nitrogens with zero attached hydrogens (tertiary/aromatic N) is 1. The number of likely N-dealkylation sites (N-methyl/N-ethyl adjacent to an activating group) is 1. The van der Waals surface area contributed by atoms with Crippen LogP contribution in [0, 0.1) is 5.92 Å². The van der Waals surface area contributed by atoms with Gasteiger partial charge in [-0.25, -0.2) is 4.79 Å². The molecule has 0 radical (unpaired) electrons. The molecule has 0 bridgehead atoms. The van der Waals surface area contributed by atoms with E-state index in [1.54, 1.807) is 7.05 Å². The van der Waals surface area contributed by atoms with E-state index in [1.165, 1.54) is 17.7 Å². The summed E-state index contributed by atoms with van der Waals surface area (Å²) in [6.07, 6.45) is 5.11. The van der Waals surface area contributed by atoms with Gasteiger partial charge in [0.1, 0.15) is 6.54 Å². The van der Waals surface area contributed by atoms with E-state index in [0.29, 0.717) is 18.4 Å². The number of rotatable bonds is 6. The molecule has 2 N–H and O–H groups in total. The van der Waals surface area contributed by atoms with Gasteiger partial charge in [-0.3, -0.25) is 4.79 Å². The van der Waals surface area contributed by atoms with Crippen molar-refractivity contribution in [1.29, 1.82) is 0 Å². The monoisotopic (exact) mass is 389 g/mol. The summed E-state index contributed by atoms with van der Waals surface area (Å²) in [7, 11) is 1.61. The Hall–Kier alpha value is -2.08. The lowest BCUT2D eigenvalue weighted by Crippen LogP contribution is -2.47. The lowest BCUT2D eigenvalue weighted by molar-refractivity contribution is -0.122. The second-order valence-electron chi connectivity index (χ2n) is 8.99. The SMILES string of the molecule is CC1CCCC(OCc2cccc(NC(=O)N(C)CC(=O)NC(C)(C)C)c2)C1. The number of amides is 3. The Morgan fingerprint density at radius 3 is 2.68 bits per heavy atom. The predicted molar refractivity (Wildman–Crippen MR) is 112 cm³/mol. The summed E-state index contributed by atoms with van der Waals surface area (Å²) in [5, 5.41) is 5.70. The summed E-state index contributed by atoms with van der Waals surface area (Å²) in [5.41, 5.74) is 1.41. The zero-order chi connectivity index (χ0) is 20.7. The molecule has 2 rings (SSSR count). The van der Waals surface area contributed by atoms with E-state index in [-0.39, 0.29) is 24.0 Å². The molecule has 0 aliphatic heterocycles. The Morgan fingerprint density at radius 2 is 2.00 bits per heavy atom. The molecule has 0 aromatic heterocycles. The van der Waals surface area contributed by atoms with Gasteiger partial charge in [-0.15, -0.1) is 0 Å². The highest BCUT2D eigenvalue weighted by Gasteiger charge is 2.20. The van der Waals surface area contributed by atoms with E-state index < -0.39 is 0 Å². The van der Waals surface area contributed by atoms with E-state index >= 15 is 0 Å². The third-order valence-corrected chi connectivity index (χ3v) is 4.79. The van der Waals surface area contributed by atoms with Crippen LogP contribution in [0.3, 0.4) is 0 Å². The van der Waals surface area contributed by atoms with Crippen LogP contribution in [0.5, 0.6) is 0 Å². The van der Waals surface area contributed by atoms with Gasteiger partial charge >= 0.3 is 6.03 Å². The topological polar surface area (TPSA) is 70.7 Å². The fraction of sp³-hybridized carbons (Fsp3) is 0.636. The predicted octanol–water partition coefficient (Wildman–Crippen LogP) is 4.16. The first-order chi connectivity index (χ1) is 13.1. The Bertz CT molecular complexity index is 669. The van der Waals surface area contributed by atoms with Crippen molar-refractivity contribution in [3.05, 3.63) is 29.8 Å². The van der Waals surface area contributed by atoms with Crippen molar-refractivity contribution >= 4 is 17.6 Å². The molecule has 1 aromatic rings. The Morgan fingerprint density at radius 1 is 1.25 bits per heavy atom. The molecule has 2 unspecified atom stereocenters. The third kappa shape index (κ3) is 7.89. The highest BCUT2D eigenvalue weighted by atomic mass is 16.5. The lowest BCUT2D eigenvalue weighted by Gasteiger charge is -2.26. The molecule has 1 fully saturated rings. The molecule has 0 spiro atoms. The van der Waals surface area contributed by atoms with Gasteiger partial charge in [0, 0.05) is 18.3 Å². The van der Waals surface area contributed by atoms with Crippen molar-refractivity contribution in [1.82, 2.24) is 10.2 Å². The molecular weight excluding hydrogens is 354 g/mol. The largest absolute Gasteiger partial charge is 0.374 e. The van der Waals surface area contributed by atoms with Crippen molar-refractivity contribution in [3.63, 3.8) is 0 Å². The number of hydrogen-bond donors (Lipinski definition) is 2. The average Bonchev–Trinajstić information content (AvgIpc) is 2.58. The van der Waals surface area contributed by atoms with Crippen molar-refractivity contribution in [2.45, 2.75) is 71.6 Å². The van der Waals surface area contributed by atoms with Crippen molar-refractivity contribution in [2.24, 2.45) is 5.92 Å². The number of carbonyl (C=O) groups is 2. The maximum Gasteiger partial charge on any atom is 0.322 e. The first kappa shape index (κ1) is 22.2. The summed E-state index contributed by atoms with van der Waals surface area (Å²) in [6, 6.07) is 7.36. The van der Waals surface area contributed by atoms with Crippen molar-refractivity contribution < 1.29 is 14.3 Å². The first-order valence-corrected chi connectivity index (χ1v) is 10.2. The van der Waals surface area contributed by atoms with Crippen LogP contribution in [0.2, 0.25) is 0 Å². The standard InChI is InChI=1S/C22H35N3O3/c1-16-8-6-11-19(12-16)28-15-17-9-7-10-18(13-17)23-21(27)25(5)14-20(26)24-22(2,3)4/h7,9-10,13,16,19H,6,8,11-12,14-15H2,1-5H3,(H,23,27)(H,24,26). The second kappa shape index (κ2) is 9.92. The number of ether oxygens (including phenoxy) is 1. The van der Waals surface area contributed by atoms with E-state index in [0.717, 1.165) is 24.3 Å². The minimum Gasteiger partial charge on any atom is -0.374 e. The number of urea groups is 1. The summed E-state index contributed by atoms with van der Waals surface area (Å²) < 4.78 is 6.07. The van der Waals surface area contributed by atoms with Crippen LogP contribution in [-0.4, -0.2) is 42.1 Å². The van der Waals surface area contributed by atoms with E-state index in [9.17, 15) is 9.59 Å². The second-order valence-corrected chi connectivity index (χ2v) is 8.99. The fourth-order valence-electron chi connectivity index (χ4n) is 3.45. The van der Waals surface area contributed by atoms with Gasteiger partial charge in [0.05, 0.1) is 12.7 Å². The zero-order valence-corrected chi connectivity index (χ0v) is 17.9. The molecule has 1 aromatic carbocycles. The summed E-state index contributed by atoms with van der Waals surface area (Å²) >= 11 is 0. The average molecular weight is 390 g/mol. The minimum absolute atomic E-state index is 0.00572. The molecule has 0 heterocycles. The minimum atomic E-state index is -0.321. The zero-order valence-electron chi connectivity index (χ0n) is 17.9. The molecule has 6 nitrogen and oxygen atoms in total. The molecule has 2 atom stereocenters. The van der Waals surface area contributed by atoms with E-state index in [2.05, 4.69) is 17.6 Å². The van der Waals surface area contributed by atoms with Gasteiger partial charge in [-0.2, -0.15) is 0 Å². The number of carbonyl (C=O) groups excluding carboxylic acids is 2. The third-order valence-electron chi connectivity index (χ3n) is 4.79. The van der Waals surface area contributed by atoms with Crippen LogP contribution in [0.4, 0.5) is 10.5 Å². The number of hydrogen-bond acceptors (Lipinski definition) is 3. The van der Waals surface area contributed by atoms with Crippen molar-refractivity contribution in [3.8, 4) is 0 Å². The van der Waals surface area contributed by atoms with Crippen LogP contribution >= 0.6 is 0 Å². The molecule has 1 aliphatic rings. The van der Waals surface area contributed by atoms with Gasteiger partial charge in [0.25, 0.3) is 0 Å². The maximum absolute atomic E-state index is 12.4. The van der Waals surface area contributed by atoms with Crippen LogP contribution < -0.4 is 10.6 Å². The van der Waals surface area contributed by atoms with Crippen LogP contribution in [0.1, 0.15) is 58.9 Å². The van der Waals surface area contributed by atoms with Crippen LogP contribution in [0.15, 0.2) is 24.3 Å². The number of anilines is 1. The molecule has 156 valence electrons. The molecule has 3 amide bonds. The van der Waals surface area contributed by atoms with Gasteiger partial charge in [-0.05, 0) is 57.2 Å². The van der Waals surface area contributed by atoms with Gasteiger partial charge in [-0.1, -0.05) is 31.9 Å². The van der Waals surface area contributed by atoms with Gasteiger partial charge in [0.2, 0.25) is 5.91 Å². The maximum atomic E-state index is 12.4. The number of nitrogens with one attached hydrogen (secondary N) is 2. The van der Waals surface area contributed by atoms with Crippen LogP contribution in [0.25, 0.3) is 0 Å². The molecule has 1 aliphatic carbocycles.